The summed E-state index contributed by atoms with van der Waals surface area (Å²) in [6, 6.07) is 27.4. The van der Waals surface area contributed by atoms with Crippen molar-refractivity contribution in [2.45, 2.75) is 72.1 Å². The molecule has 60 heavy (non-hydrogen) atoms. The second-order valence-electron chi connectivity index (χ2n) is 14.6. The first-order valence-electron chi connectivity index (χ1n) is 20.4. The highest BCUT2D eigenvalue weighted by Crippen LogP contribution is 2.33. The van der Waals surface area contributed by atoms with E-state index in [-0.39, 0.29) is 23.4 Å². The first-order valence-corrected chi connectivity index (χ1v) is 21.2. The second-order valence-corrected chi connectivity index (χ2v) is 15.6. The van der Waals surface area contributed by atoms with Crippen molar-refractivity contribution in [2.24, 2.45) is 0 Å². The number of nitrogens with zero attached hydrogens (tertiary/aromatic N) is 6. The lowest BCUT2D eigenvalue weighted by atomic mass is 10.0. The summed E-state index contributed by atoms with van der Waals surface area (Å²) in [6.45, 7) is 7.48. The van der Waals surface area contributed by atoms with Crippen LogP contribution in [0.25, 0.3) is 11.1 Å². The fourth-order valence-corrected chi connectivity index (χ4v) is 7.38. The summed E-state index contributed by atoms with van der Waals surface area (Å²) in [6.07, 6.45) is 15.6. The van der Waals surface area contributed by atoms with Gasteiger partial charge in [0.05, 0.1) is 0 Å². The molecule has 6 aromatic rings. The van der Waals surface area contributed by atoms with Gasteiger partial charge in [0.2, 0.25) is 11.8 Å². The fraction of sp³-hybridized carbons (Fsp3) is 0.265. The van der Waals surface area contributed by atoms with Gasteiger partial charge in [0, 0.05) is 97.4 Å². The highest BCUT2D eigenvalue weighted by Gasteiger charge is 2.24. The van der Waals surface area contributed by atoms with Crippen LogP contribution in [0.15, 0.2) is 127 Å². The Morgan fingerprint density at radius 3 is 1.60 bits per heavy atom. The number of pyridine rings is 4. The molecule has 2 aliphatic heterocycles. The van der Waals surface area contributed by atoms with Gasteiger partial charge in [0.25, 0.3) is 0 Å². The van der Waals surface area contributed by atoms with Gasteiger partial charge in [-0.05, 0) is 125 Å². The number of Topliss-reactive ketones (excluding diaryl/α,β-unsaturated/α-hetero) is 2. The van der Waals surface area contributed by atoms with E-state index in [1.165, 1.54) is 16.7 Å². The lowest BCUT2D eigenvalue weighted by Crippen LogP contribution is -2.27. The van der Waals surface area contributed by atoms with Crippen molar-refractivity contribution in [3.63, 3.8) is 0 Å². The predicted octanol–water partition coefficient (Wildman–Crippen LogP) is 9.61. The molecule has 6 heterocycles. The minimum absolute atomic E-state index is 0.0306. The molecule has 2 aromatic carbocycles. The number of hydrogen-bond acceptors (Lipinski definition) is 8. The van der Waals surface area contributed by atoms with Gasteiger partial charge in [-0.2, -0.15) is 0 Å². The van der Waals surface area contributed by atoms with E-state index in [9.17, 15) is 19.2 Å². The lowest BCUT2D eigenvalue weighted by Gasteiger charge is -2.16. The number of aromatic nitrogens is 4. The number of anilines is 2. The Labute approximate surface area is 360 Å². The van der Waals surface area contributed by atoms with Crippen LogP contribution in [0.4, 0.5) is 11.4 Å². The van der Waals surface area contributed by atoms with Crippen LogP contribution in [0.2, 0.25) is 0 Å². The zero-order valence-electron chi connectivity index (χ0n) is 34.3. The molecular weight excluding hydrogens is 816 g/mol. The van der Waals surface area contributed by atoms with E-state index < -0.39 is 0 Å². The molecule has 4 aromatic heterocycles. The number of hydrogen-bond donors (Lipinski definition) is 0. The van der Waals surface area contributed by atoms with Gasteiger partial charge in [-0.15, -0.1) is 0 Å². The van der Waals surface area contributed by atoms with Gasteiger partial charge in [0.1, 0.15) is 11.4 Å². The standard InChI is InChI=1S/C24H23N3O2.C13H11BrN2O.C12H15NO/c1-2-24(29)27-13-11-19-14-18(7-9-22(19)27)20-6-8-21(26-16-20)23(28)10-5-17-4-3-12-25-15-17;14-11-4-5-12(16-9-11)13(17)6-3-10-2-1-7-15-8-10;1-3-12(14)13-7-6-10-8-9(2)4-5-11(10)13/h3-4,6-9,12,14-16H,2,5,10-11,13H2,1H3;1-2,4-5,7-9H,3,6H2;4-5,8H,3,6-7H2,1-2H3. The molecule has 0 fully saturated rings. The van der Waals surface area contributed by atoms with Crippen molar-refractivity contribution < 1.29 is 19.2 Å². The SMILES string of the molecule is CCC(=O)N1CCc2cc(-c3ccc(C(=O)CCc4cccnc4)nc3)ccc21.CCC(=O)N1CCc2cc(C)ccc21.O=C(CCc1cccnc1)c1ccc(Br)cn1. The van der Waals surface area contributed by atoms with Crippen LogP contribution in [0.1, 0.15) is 88.3 Å². The van der Waals surface area contributed by atoms with Crippen molar-refractivity contribution in [1.82, 2.24) is 19.9 Å². The highest BCUT2D eigenvalue weighted by atomic mass is 79.9. The number of halogens is 1. The fourth-order valence-electron chi connectivity index (χ4n) is 7.15. The number of rotatable bonds is 11. The van der Waals surface area contributed by atoms with Gasteiger partial charge in [0.15, 0.2) is 11.6 Å². The molecule has 0 saturated heterocycles. The van der Waals surface area contributed by atoms with Crippen LogP contribution in [0, 0.1) is 6.92 Å². The topological polar surface area (TPSA) is 126 Å². The van der Waals surface area contributed by atoms with Crippen molar-refractivity contribution in [3.8, 4) is 11.1 Å². The molecule has 0 radical (unpaired) electrons. The average molecular weight is 866 g/mol. The summed E-state index contributed by atoms with van der Waals surface area (Å²) < 4.78 is 0.876. The predicted molar refractivity (Wildman–Crippen MR) is 239 cm³/mol. The Morgan fingerprint density at radius 2 is 1.12 bits per heavy atom. The Kier molecular flexibility index (Phi) is 15.3. The number of fused-ring (bicyclic) bond motifs is 2. The monoisotopic (exact) mass is 864 g/mol. The molecule has 0 aliphatic carbocycles. The molecule has 0 N–H and O–H groups in total. The molecular formula is C49H49BrN6O4. The van der Waals surface area contributed by atoms with Gasteiger partial charge in [-0.3, -0.25) is 39.1 Å². The van der Waals surface area contributed by atoms with Crippen molar-refractivity contribution in [1.29, 1.82) is 0 Å². The summed E-state index contributed by atoms with van der Waals surface area (Å²) in [5.41, 5.74) is 11.0. The Bertz CT molecular complexity index is 2410. The van der Waals surface area contributed by atoms with Crippen LogP contribution < -0.4 is 9.80 Å². The largest absolute Gasteiger partial charge is 0.312 e. The summed E-state index contributed by atoms with van der Waals surface area (Å²) in [5, 5.41) is 0. The minimum atomic E-state index is 0.0306. The zero-order valence-corrected chi connectivity index (χ0v) is 35.9. The van der Waals surface area contributed by atoms with E-state index in [4.69, 9.17) is 0 Å². The highest BCUT2D eigenvalue weighted by molar-refractivity contribution is 9.10. The second kappa shape index (κ2) is 21.2. The van der Waals surface area contributed by atoms with Crippen LogP contribution in [-0.4, -0.2) is 56.4 Å². The third-order valence-corrected chi connectivity index (χ3v) is 10.9. The third-order valence-electron chi connectivity index (χ3n) is 10.4. The number of benzene rings is 2. The molecule has 0 saturated carbocycles. The van der Waals surface area contributed by atoms with Crippen molar-refractivity contribution in [3.05, 3.63) is 166 Å². The van der Waals surface area contributed by atoms with E-state index in [1.807, 2.05) is 72.2 Å². The number of aryl methyl sites for hydroxylation is 3. The third kappa shape index (κ3) is 11.5. The zero-order chi connectivity index (χ0) is 42.4. The van der Waals surface area contributed by atoms with Crippen LogP contribution in [0.5, 0.6) is 0 Å². The smallest absolute Gasteiger partial charge is 0.226 e. The number of carbonyl (C=O) groups is 4. The average Bonchev–Trinajstić information content (AvgIpc) is 3.92. The molecule has 0 unspecified atom stereocenters. The van der Waals surface area contributed by atoms with Crippen LogP contribution >= 0.6 is 15.9 Å². The molecule has 2 aliphatic rings. The molecule has 0 bridgehead atoms. The lowest BCUT2D eigenvalue weighted by molar-refractivity contribution is -0.119. The summed E-state index contributed by atoms with van der Waals surface area (Å²) >= 11 is 3.29. The first-order chi connectivity index (χ1) is 29.1. The number of ketones is 2. The van der Waals surface area contributed by atoms with Crippen LogP contribution in [0.3, 0.4) is 0 Å². The maximum Gasteiger partial charge on any atom is 0.226 e. The Hall–Kier alpha value is -6.20. The van der Waals surface area contributed by atoms with Crippen molar-refractivity contribution >= 4 is 50.7 Å². The van der Waals surface area contributed by atoms with E-state index in [0.717, 1.165) is 64.0 Å². The normalized spacial score (nSPS) is 12.3. The minimum Gasteiger partial charge on any atom is -0.312 e. The molecule has 306 valence electrons. The summed E-state index contributed by atoms with van der Waals surface area (Å²) in [7, 11) is 0. The van der Waals surface area contributed by atoms with E-state index >= 15 is 0 Å². The van der Waals surface area contributed by atoms with Crippen LogP contribution in [-0.2, 0) is 35.3 Å². The van der Waals surface area contributed by atoms with E-state index in [1.54, 1.807) is 49.3 Å². The summed E-state index contributed by atoms with van der Waals surface area (Å²) in [5.74, 6) is 0.476. The molecule has 11 heteroatoms. The molecule has 2 amide bonds. The first kappa shape index (κ1) is 43.4. The van der Waals surface area contributed by atoms with E-state index in [2.05, 4.69) is 67.1 Å². The Balaban J connectivity index is 0.000000165. The molecule has 0 spiro atoms. The van der Waals surface area contributed by atoms with Gasteiger partial charge >= 0.3 is 0 Å². The molecule has 10 nitrogen and oxygen atoms in total. The van der Waals surface area contributed by atoms with Gasteiger partial charge < -0.3 is 9.80 Å². The maximum atomic E-state index is 12.4. The Morgan fingerprint density at radius 1 is 0.600 bits per heavy atom. The molecule has 0 atom stereocenters. The molecule has 8 rings (SSSR count). The quantitative estimate of drug-likeness (QED) is 0.118. The van der Waals surface area contributed by atoms with Gasteiger partial charge in [-0.1, -0.05) is 55.8 Å². The van der Waals surface area contributed by atoms with Gasteiger partial charge in [-0.25, -0.2) is 0 Å². The van der Waals surface area contributed by atoms with E-state index in [0.29, 0.717) is 49.9 Å². The summed E-state index contributed by atoms with van der Waals surface area (Å²) in [4.78, 5) is 68.2. The number of amides is 2. The van der Waals surface area contributed by atoms with Crippen molar-refractivity contribution in [2.75, 3.05) is 22.9 Å². The number of carbonyl (C=O) groups excluding carboxylic acids is 4. The maximum absolute atomic E-state index is 12.4.